The summed E-state index contributed by atoms with van der Waals surface area (Å²) in [5.41, 5.74) is 0. The van der Waals surface area contributed by atoms with Crippen LogP contribution in [0, 0.1) is 0 Å². The zero-order valence-corrected chi connectivity index (χ0v) is 19.8. The van der Waals surface area contributed by atoms with Gasteiger partial charge in [-0.15, -0.1) is 0 Å². The summed E-state index contributed by atoms with van der Waals surface area (Å²) in [4.78, 5) is 0. The smallest absolute Gasteiger partial charge is 0.0675 e. The van der Waals surface area contributed by atoms with Crippen molar-refractivity contribution in [2.24, 2.45) is 0 Å². The minimum absolute atomic E-state index is 0. The molecule has 0 aromatic rings. The van der Waals surface area contributed by atoms with Crippen LogP contribution in [0.1, 0.15) is 0 Å². The number of hydrogen-bond acceptors (Lipinski definition) is 0. The fourth-order valence-corrected chi connectivity index (χ4v) is 0. The van der Waals surface area contributed by atoms with E-state index in [1.54, 1.807) is 0 Å². The molecule has 6 heteroatoms. The Kier molecular flexibility index (Phi) is 30.5. The van der Waals surface area contributed by atoms with Crippen LogP contribution in [0.4, 0.5) is 0 Å². The lowest BCUT2D eigenvalue weighted by Gasteiger charge is -2.14. The summed E-state index contributed by atoms with van der Waals surface area (Å²) in [6.45, 7) is 0. The molecule has 0 rings (SSSR count). The van der Waals surface area contributed by atoms with Crippen molar-refractivity contribution in [3.05, 3.63) is 0 Å². The summed E-state index contributed by atoms with van der Waals surface area (Å²) in [6.07, 6.45) is 0. The second kappa shape index (κ2) is 15.0. The van der Waals surface area contributed by atoms with E-state index in [0.29, 0.717) is 0 Å². The predicted octanol–water partition coefficient (Wildman–Crippen LogP) is -8.02. The maximum atomic E-state index is 2.12. The van der Waals surface area contributed by atoms with E-state index in [-0.39, 0.29) is 57.9 Å². The van der Waals surface area contributed by atoms with E-state index in [1.165, 1.54) is 0 Å². The van der Waals surface area contributed by atoms with Gasteiger partial charge in [-0.25, -0.2) is 0 Å². The molecule has 0 aliphatic heterocycles. The van der Waals surface area contributed by atoms with Gasteiger partial charge in [0.05, 0.1) is 84.6 Å². The minimum Gasteiger partial charge on any atom is -1.00 e. The highest BCUT2D eigenvalue weighted by atomic mass is 127. The lowest BCUT2D eigenvalue weighted by Crippen LogP contribution is -3.00. The summed E-state index contributed by atoms with van der Waals surface area (Å²) < 4.78 is 3.00. The van der Waals surface area contributed by atoms with E-state index < -0.39 is 0 Å². The van der Waals surface area contributed by atoms with Gasteiger partial charge in [-0.1, -0.05) is 0 Å². The molecule has 0 aromatic carbocycles. The van der Waals surface area contributed by atoms with Gasteiger partial charge in [0, 0.05) is 0 Å². The van der Waals surface area contributed by atoms with E-state index in [2.05, 4.69) is 84.6 Å². The monoisotopic (exact) mass is 507 g/mol. The molecule has 0 aliphatic carbocycles. The zero-order valence-electron chi connectivity index (χ0n) is 14.5. The molecule has 0 radical (unpaired) electrons. The Hall–Kier alpha value is 1.57. The van der Waals surface area contributed by atoms with Crippen LogP contribution in [0.5, 0.6) is 0 Å². The van der Waals surface area contributed by atoms with Gasteiger partial charge in [-0.3, -0.25) is 0 Å². The molecule has 3 nitrogen and oxygen atoms in total. The van der Waals surface area contributed by atoms with E-state index in [1.807, 2.05) is 0 Å². The van der Waals surface area contributed by atoms with Crippen molar-refractivity contribution in [2.45, 2.75) is 0 Å². The number of rotatable bonds is 0. The van der Waals surface area contributed by atoms with Crippen molar-refractivity contribution >= 4 is 0 Å². The Morgan fingerprint density at radius 3 is 0.333 bits per heavy atom. The van der Waals surface area contributed by atoms with Gasteiger partial charge in [0.1, 0.15) is 0 Å². The Morgan fingerprint density at radius 2 is 0.333 bits per heavy atom. The maximum Gasteiger partial charge on any atom is 0.0675 e. The Morgan fingerprint density at radius 1 is 0.333 bits per heavy atom. The molecule has 18 heavy (non-hydrogen) atoms. The van der Waals surface area contributed by atoms with Crippen LogP contribution in [0.25, 0.3) is 0 Å². The first-order valence-corrected chi connectivity index (χ1v) is 5.37. The summed E-state index contributed by atoms with van der Waals surface area (Å²) in [7, 11) is 25.5. The van der Waals surface area contributed by atoms with Gasteiger partial charge in [0.15, 0.2) is 0 Å². The summed E-state index contributed by atoms with van der Waals surface area (Å²) in [6, 6.07) is 0. The molecule has 0 saturated carbocycles. The molecule has 0 saturated heterocycles. The van der Waals surface area contributed by atoms with Crippen molar-refractivity contribution in [1.82, 2.24) is 0 Å². The first kappa shape index (κ1) is 36.6. The molecule has 0 aromatic heterocycles. The second-order valence-corrected chi connectivity index (χ2v) is 8.05. The third-order valence-electron chi connectivity index (χ3n) is 0. The molecule has 0 amide bonds. The third kappa shape index (κ3) is 1960. The normalized spacial score (nSPS) is 10.0. The van der Waals surface area contributed by atoms with Gasteiger partial charge >= 0.3 is 0 Å². The zero-order chi connectivity index (χ0) is 13.5. The standard InChI is InChI=1S/3C4H12N.2BrH.HI/c3*1-5(2,3)4;;;/h3*1-4H3;3*1H/q3*+1;;;/p-3. The van der Waals surface area contributed by atoms with Gasteiger partial charge in [0.25, 0.3) is 0 Å². The molecule has 0 spiro atoms. The predicted molar refractivity (Wildman–Crippen MR) is 71.9 cm³/mol. The fourth-order valence-electron chi connectivity index (χ4n) is 0. The van der Waals surface area contributed by atoms with Crippen molar-refractivity contribution in [3.8, 4) is 0 Å². The van der Waals surface area contributed by atoms with Crippen molar-refractivity contribution in [1.29, 1.82) is 0 Å². The first-order chi connectivity index (χ1) is 6.00. The van der Waals surface area contributed by atoms with Gasteiger partial charge in [-0.05, 0) is 0 Å². The van der Waals surface area contributed by atoms with E-state index in [4.69, 9.17) is 0 Å². The van der Waals surface area contributed by atoms with E-state index in [0.717, 1.165) is 13.4 Å². The SMILES string of the molecule is C[N+](C)(C)C.C[N+](C)(C)C.C[N+](C)(C)C.[Br-].[Br-].[I-]. The number of halogens is 3. The molecule has 0 heterocycles. The topological polar surface area (TPSA) is 0 Å². The lowest BCUT2D eigenvalue weighted by molar-refractivity contribution is -0.849. The Balaban J connectivity index is -0.0000000277. The number of quaternary nitrogens is 3. The van der Waals surface area contributed by atoms with Crippen LogP contribution in [0.3, 0.4) is 0 Å². The van der Waals surface area contributed by atoms with Crippen LogP contribution in [-0.4, -0.2) is 98.0 Å². The molecule has 0 fully saturated rings. The Labute approximate surface area is 155 Å². The molecule has 0 unspecified atom stereocenters. The number of hydrogen-bond donors (Lipinski definition) is 0. The molecule has 0 atom stereocenters. The molecule has 120 valence electrons. The van der Waals surface area contributed by atoms with Crippen LogP contribution >= 0.6 is 0 Å². The van der Waals surface area contributed by atoms with Crippen LogP contribution in [-0.2, 0) is 0 Å². The van der Waals surface area contributed by atoms with Gasteiger partial charge in [0.2, 0.25) is 0 Å². The van der Waals surface area contributed by atoms with Crippen LogP contribution in [0.15, 0.2) is 0 Å². The van der Waals surface area contributed by atoms with Gasteiger partial charge < -0.3 is 71.4 Å². The van der Waals surface area contributed by atoms with Crippen molar-refractivity contribution < 1.29 is 71.4 Å². The van der Waals surface area contributed by atoms with E-state index >= 15 is 0 Å². The highest BCUT2D eigenvalue weighted by Gasteiger charge is 1.89. The molecular formula is C12H36Br2IN3. The Bertz CT molecular complexity index is 100. The largest absolute Gasteiger partial charge is 1.00 e. The highest BCUT2D eigenvalue weighted by molar-refractivity contribution is 3.88. The minimum atomic E-state index is 0. The highest BCUT2D eigenvalue weighted by Crippen LogP contribution is 1.74. The van der Waals surface area contributed by atoms with Crippen molar-refractivity contribution in [2.75, 3.05) is 84.6 Å². The maximum absolute atomic E-state index is 2.12. The first-order valence-electron chi connectivity index (χ1n) is 5.37. The van der Waals surface area contributed by atoms with Crippen molar-refractivity contribution in [3.63, 3.8) is 0 Å². The van der Waals surface area contributed by atoms with Crippen LogP contribution in [0.2, 0.25) is 0 Å². The average Bonchev–Trinajstić information content (AvgIpc) is 1.41. The van der Waals surface area contributed by atoms with E-state index in [9.17, 15) is 0 Å². The summed E-state index contributed by atoms with van der Waals surface area (Å²) in [5, 5.41) is 0. The fraction of sp³-hybridized carbons (Fsp3) is 1.00. The lowest BCUT2D eigenvalue weighted by atomic mass is 10.8. The van der Waals surface area contributed by atoms with Crippen LogP contribution < -0.4 is 57.9 Å². The van der Waals surface area contributed by atoms with Gasteiger partial charge in [-0.2, -0.15) is 0 Å². The molecular weight excluding hydrogens is 473 g/mol. The molecule has 0 aliphatic rings. The molecule has 0 bridgehead atoms. The summed E-state index contributed by atoms with van der Waals surface area (Å²) in [5.74, 6) is 0. The summed E-state index contributed by atoms with van der Waals surface area (Å²) >= 11 is 0. The third-order valence-corrected chi connectivity index (χ3v) is 0. The quantitative estimate of drug-likeness (QED) is 0.225. The number of nitrogens with zero attached hydrogens (tertiary/aromatic N) is 3. The average molecular weight is 509 g/mol. The molecule has 0 N–H and O–H groups in total. The second-order valence-electron chi connectivity index (χ2n) is 8.05.